The van der Waals surface area contributed by atoms with Crippen LogP contribution in [0.15, 0.2) is 66.7 Å². The second kappa shape index (κ2) is 8.97. The molecular weight excluding hydrogens is 458 g/mol. The average Bonchev–Trinajstić information content (AvgIpc) is 3.45. The number of hydrogen-bond donors (Lipinski definition) is 1. The average molecular weight is 476 g/mol. The largest absolute Gasteiger partial charge is 0.497 e. The Morgan fingerprint density at radius 2 is 1.70 bits per heavy atom. The molecule has 0 saturated carbocycles. The van der Waals surface area contributed by atoms with E-state index in [0.29, 0.717) is 22.0 Å². The van der Waals surface area contributed by atoms with Gasteiger partial charge in [-0.3, -0.25) is 10.1 Å². The van der Waals surface area contributed by atoms with Crippen molar-refractivity contribution in [3.8, 4) is 16.3 Å². The molecule has 5 rings (SSSR count). The number of methoxy groups -OCH3 is 1. The van der Waals surface area contributed by atoms with Crippen LogP contribution in [0.5, 0.6) is 5.75 Å². The van der Waals surface area contributed by atoms with Gasteiger partial charge in [0.1, 0.15) is 10.8 Å². The van der Waals surface area contributed by atoms with E-state index in [1.807, 2.05) is 48.5 Å². The maximum absolute atomic E-state index is 12.8. The second-order valence-corrected chi connectivity index (χ2v) is 9.07. The van der Waals surface area contributed by atoms with E-state index in [9.17, 15) is 9.59 Å². The number of amides is 1. The van der Waals surface area contributed by atoms with Gasteiger partial charge in [-0.1, -0.05) is 41.7 Å². The zero-order chi connectivity index (χ0) is 22.8. The summed E-state index contributed by atoms with van der Waals surface area (Å²) < 4.78 is 12.4. The molecule has 0 spiro atoms. The molecule has 5 aromatic rings. The van der Waals surface area contributed by atoms with Gasteiger partial charge in [0.05, 0.1) is 33.1 Å². The second-order valence-electron chi connectivity index (χ2n) is 7.01. The fourth-order valence-corrected chi connectivity index (χ4v) is 5.20. The van der Waals surface area contributed by atoms with E-state index in [1.54, 1.807) is 25.3 Å². The van der Waals surface area contributed by atoms with Crippen molar-refractivity contribution in [2.75, 3.05) is 19.0 Å². The van der Waals surface area contributed by atoms with E-state index < -0.39 is 18.5 Å². The van der Waals surface area contributed by atoms with Gasteiger partial charge in [-0.05, 0) is 36.4 Å². The Labute approximate surface area is 196 Å². The van der Waals surface area contributed by atoms with Crippen LogP contribution in [-0.4, -0.2) is 35.6 Å². The summed E-state index contributed by atoms with van der Waals surface area (Å²) in [5.41, 5.74) is 2.65. The lowest BCUT2D eigenvalue weighted by Gasteiger charge is -2.07. The third-order valence-corrected chi connectivity index (χ3v) is 6.85. The number of aromatic nitrogens is 2. The molecule has 0 aliphatic heterocycles. The van der Waals surface area contributed by atoms with Crippen molar-refractivity contribution in [1.29, 1.82) is 0 Å². The van der Waals surface area contributed by atoms with Gasteiger partial charge in [0.2, 0.25) is 0 Å². The predicted octanol–water partition coefficient (Wildman–Crippen LogP) is 5.38. The lowest BCUT2D eigenvalue weighted by molar-refractivity contribution is -0.119. The minimum Gasteiger partial charge on any atom is -0.497 e. The molecule has 164 valence electrons. The number of esters is 1. The van der Waals surface area contributed by atoms with Crippen molar-refractivity contribution in [3.63, 3.8) is 0 Å². The molecule has 0 atom stereocenters. The predicted molar refractivity (Wildman–Crippen MR) is 130 cm³/mol. The number of nitrogens with zero attached hydrogens (tertiary/aromatic N) is 2. The van der Waals surface area contributed by atoms with Crippen LogP contribution in [0.3, 0.4) is 0 Å². The number of thiazole rings is 2. The number of para-hydroxylation sites is 1. The number of benzene rings is 3. The number of rotatable bonds is 6. The van der Waals surface area contributed by atoms with Crippen LogP contribution in [0, 0.1) is 0 Å². The van der Waals surface area contributed by atoms with Crippen LogP contribution in [0.4, 0.5) is 5.13 Å². The molecule has 1 N–H and O–H groups in total. The number of fused-ring (bicyclic) bond motifs is 2. The molecule has 0 fully saturated rings. The number of ether oxygens (including phenoxy) is 2. The normalized spacial score (nSPS) is 10.9. The van der Waals surface area contributed by atoms with Gasteiger partial charge in [-0.25, -0.2) is 14.8 Å². The lowest BCUT2D eigenvalue weighted by atomic mass is 10.1. The van der Waals surface area contributed by atoms with Gasteiger partial charge in [-0.15, -0.1) is 11.3 Å². The van der Waals surface area contributed by atoms with Crippen LogP contribution in [0.25, 0.3) is 31.0 Å². The summed E-state index contributed by atoms with van der Waals surface area (Å²) in [4.78, 5) is 34.1. The summed E-state index contributed by atoms with van der Waals surface area (Å²) in [5.74, 6) is -0.342. The van der Waals surface area contributed by atoms with Crippen molar-refractivity contribution in [1.82, 2.24) is 9.97 Å². The zero-order valence-electron chi connectivity index (χ0n) is 17.4. The molecule has 3 aromatic carbocycles. The van der Waals surface area contributed by atoms with Crippen molar-refractivity contribution in [3.05, 3.63) is 72.3 Å². The molecular formula is C24H17N3O4S2. The molecule has 0 aliphatic rings. The molecule has 7 nitrogen and oxygen atoms in total. The van der Waals surface area contributed by atoms with Crippen LogP contribution < -0.4 is 10.1 Å². The minimum atomic E-state index is -0.589. The summed E-state index contributed by atoms with van der Waals surface area (Å²) >= 11 is 2.82. The Hall–Kier alpha value is -3.82. The molecule has 0 bridgehead atoms. The van der Waals surface area contributed by atoms with Gasteiger partial charge in [-0.2, -0.15) is 0 Å². The summed E-state index contributed by atoms with van der Waals surface area (Å²) in [5, 5.41) is 3.83. The van der Waals surface area contributed by atoms with Crippen LogP contribution in [0.1, 0.15) is 10.4 Å². The Kier molecular flexibility index (Phi) is 5.72. The first kappa shape index (κ1) is 21.0. The first-order chi connectivity index (χ1) is 16.1. The summed E-state index contributed by atoms with van der Waals surface area (Å²) in [6.45, 7) is -0.424. The fourth-order valence-electron chi connectivity index (χ4n) is 3.28. The topological polar surface area (TPSA) is 90.4 Å². The number of hydrogen-bond acceptors (Lipinski definition) is 8. The first-order valence-corrected chi connectivity index (χ1v) is 11.6. The third-order valence-electron chi connectivity index (χ3n) is 4.85. The smallest absolute Gasteiger partial charge is 0.339 e. The lowest BCUT2D eigenvalue weighted by Crippen LogP contribution is -2.21. The van der Waals surface area contributed by atoms with Crippen LogP contribution in [-0.2, 0) is 9.53 Å². The first-order valence-electron chi connectivity index (χ1n) is 9.97. The molecule has 0 aliphatic carbocycles. The Morgan fingerprint density at radius 1 is 0.909 bits per heavy atom. The minimum absolute atomic E-state index is 0.358. The molecule has 0 radical (unpaired) electrons. The van der Waals surface area contributed by atoms with Gasteiger partial charge < -0.3 is 9.47 Å². The summed E-state index contributed by atoms with van der Waals surface area (Å²) in [6, 6.07) is 20.3. The van der Waals surface area contributed by atoms with E-state index in [1.165, 1.54) is 22.7 Å². The Balaban J connectivity index is 1.28. The van der Waals surface area contributed by atoms with Gasteiger partial charge in [0.25, 0.3) is 5.91 Å². The highest BCUT2D eigenvalue weighted by Crippen LogP contribution is 2.32. The molecule has 33 heavy (non-hydrogen) atoms. The van der Waals surface area contributed by atoms with Gasteiger partial charge in [0, 0.05) is 5.56 Å². The maximum Gasteiger partial charge on any atom is 0.339 e. The van der Waals surface area contributed by atoms with Gasteiger partial charge in [0.15, 0.2) is 11.7 Å². The van der Waals surface area contributed by atoms with E-state index in [-0.39, 0.29) is 0 Å². The van der Waals surface area contributed by atoms with Gasteiger partial charge >= 0.3 is 5.97 Å². The monoisotopic (exact) mass is 475 g/mol. The van der Waals surface area contributed by atoms with Crippen molar-refractivity contribution < 1.29 is 19.1 Å². The van der Waals surface area contributed by atoms with Crippen molar-refractivity contribution in [2.45, 2.75) is 0 Å². The fraction of sp³-hybridized carbons (Fsp3) is 0.0833. The maximum atomic E-state index is 12.8. The number of anilines is 1. The van der Waals surface area contributed by atoms with E-state index >= 15 is 0 Å². The Bertz CT molecular complexity index is 1460. The number of nitrogens with one attached hydrogen (secondary N) is 1. The van der Waals surface area contributed by atoms with Crippen molar-refractivity contribution in [2.24, 2.45) is 0 Å². The van der Waals surface area contributed by atoms with E-state index in [0.717, 1.165) is 25.4 Å². The highest BCUT2D eigenvalue weighted by atomic mass is 32.1. The molecule has 1 amide bonds. The van der Waals surface area contributed by atoms with E-state index in [4.69, 9.17) is 9.47 Å². The van der Waals surface area contributed by atoms with Crippen molar-refractivity contribution >= 4 is 60.1 Å². The number of carbonyl (C=O) groups excluding carboxylic acids is 2. The highest BCUT2D eigenvalue weighted by molar-refractivity contribution is 7.22. The SMILES string of the molecule is COc1ccc2nc(NC(=O)COC(=O)c3ccccc3-c3nc4ccccc4s3)sc2c1. The van der Waals surface area contributed by atoms with Crippen LogP contribution >= 0.6 is 22.7 Å². The molecule has 2 aromatic heterocycles. The molecule has 9 heteroatoms. The Morgan fingerprint density at radius 3 is 2.55 bits per heavy atom. The highest BCUT2D eigenvalue weighted by Gasteiger charge is 2.18. The third kappa shape index (κ3) is 4.41. The molecule has 2 heterocycles. The molecule has 0 unspecified atom stereocenters. The standard InChI is InChI=1S/C24H17N3O4S2/c1-30-14-10-11-18-20(12-14)33-24(26-18)27-21(28)13-31-23(29)16-7-3-2-6-15(16)22-25-17-8-4-5-9-19(17)32-22/h2-12H,13H2,1H3,(H,26,27,28). The van der Waals surface area contributed by atoms with E-state index in [2.05, 4.69) is 15.3 Å². The van der Waals surface area contributed by atoms with Crippen LogP contribution in [0.2, 0.25) is 0 Å². The summed E-state index contributed by atoms with van der Waals surface area (Å²) in [7, 11) is 1.59. The summed E-state index contributed by atoms with van der Waals surface area (Å²) in [6.07, 6.45) is 0. The zero-order valence-corrected chi connectivity index (χ0v) is 19.0. The molecule has 0 saturated heterocycles. The quantitative estimate of drug-likeness (QED) is 0.332. The number of carbonyl (C=O) groups is 2.